The van der Waals surface area contributed by atoms with Gasteiger partial charge in [-0.15, -0.1) is 0 Å². The molecule has 4 nitrogen and oxygen atoms in total. The number of hydrogen-bond donors (Lipinski definition) is 2. The molecular formula is C16H24ClN3O. The zero-order valence-electron chi connectivity index (χ0n) is 13.0. The Morgan fingerprint density at radius 3 is 2.86 bits per heavy atom. The molecule has 0 aromatic heterocycles. The average molecular weight is 310 g/mol. The minimum Gasteiger partial charge on any atom is -0.361 e. The van der Waals surface area contributed by atoms with Gasteiger partial charge < -0.3 is 15.5 Å². The normalized spacial score (nSPS) is 16.6. The monoisotopic (exact) mass is 309 g/mol. The lowest BCUT2D eigenvalue weighted by Gasteiger charge is -2.27. The number of para-hydroxylation sites is 1. The summed E-state index contributed by atoms with van der Waals surface area (Å²) in [7, 11) is 0. The fraction of sp³-hybridized carbons (Fsp3) is 0.562. The molecule has 0 spiro atoms. The second kappa shape index (κ2) is 6.67. The van der Waals surface area contributed by atoms with Crippen molar-refractivity contribution in [3.63, 3.8) is 0 Å². The van der Waals surface area contributed by atoms with E-state index in [9.17, 15) is 4.79 Å². The predicted molar refractivity (Wildman–Crippen MR) is 87.9 cm³/mol. The first-order chi connectivity index (χ1) is 9.87. The van der Waals surface area contributed by atoms with E-state index in [1.807, 2.05) is 12.1 Å². The van der Waals surface area contributed by atoms with Crippen LogP contribution in [0.3, 0.4) is 0 Å². The van der Waals surface area contributed by atoms with Crippen molar-refractivity contribution in [1.29, 1.82) is 0 Å². The summed E-state index contributed by atoms with van der Waals surface area (Å²) < 4.78 is 0. The van der Waals surface area contributed by atoms with Crippen LogP contribution in [0.1, 0.15) is 32.8 Å². The Hall–Kier alpha value is -1.26. The summed E-state index contributed by atoms with van der Waals surface area (Å²) in [6.07, 6.45) is 0.934. The minimum atomic E-state index is 0.0375. The molecule has 1 aromatic rings. The van der Waals surface area contributed by atoms with E-state index < -0.39 is 0 Å². The van der Waals surface area contributed by atoms with E-state index in [1.54, 1.807) is 0 Å². The van der Waals surface area contributed by atoms with Gasteiger partial charge >= 0.3 is 0 Å². The minimum absolute atomic E-state index is 0.0375. The van der Waals surface area contributed by atoms with Gasteiger partial charge in [-0.05, 0) is 38.8 Å². The summed E-state index contributed by atoms with van der Waals surface area (Å²) >= 11 is 6.41. The first-order valence-electron chi connectivity index (χ1n) is 7.41. The van der Waals surface area contributed by atoms with Crippen molar-refractivity contribution >= 4 is 23.2 Å². The second-order valence-corrected chi connectivity index (χ2v) is 6.88. The van der Waals surface area contributed by atoms with Gasteiger partial charge in [0.2, 0.25) is 5.91 Å². The largest absolute Gasteiger partial charge is 0.361 e. The predicted octanol–water partition coefficient (Wildman–Crippen LogP) is 2.55. The number of halogens is 1. The van der Waals surface area contributed by atoms with Gasteiger partial charge in [-0.3, -0.25) is 4.79 Å². The standard InChI is InChI=1S/C16H24ClN3O/c1-16(2,3)19-10-12-6-4-7-13(17)15(12)20-9-5-8-18-14(21)11-20/h4,6-7,19H,5,8-11H2,1-3H3,(H,18,21). The fourth-order valence-electron chi connectivity index (χ4n) is 2.41. The molecule has 2 N–H and O–H groups in total. The van der Waals surface area contributed by atoms with E-state index in [-0.39, 0.29) is 11.4 Å². The quantitative estimate of drug-likeness (QED) is 0.902. The maximum absolute atomic E-state index is 11.8. The van der Waals surface area contributed by atoms with Crippen LogP contribution in [0.2, 0.25) is 5.02 Å². The summed E-state index contributed by atoms with van der Waals surface area (Å²) in [5.41, 5.74) is 2.15. The number of carbonyl (C=O) groups is 1. The van der Waals surface area contributed by atoms with E-state index in [0.29, 0.717) is 11.6 Å². The molecule has 1 amide bonds. The number of anilines is 1. The van der Waals surface area contributed by atoms with Crippen molar-refractivity contribution in [3.8, 4) is 0 Å². The highest BCUT2D eigenvalue weighted by atomic mass is 35.5. The molecule has 1 saturated heterocycles. The van der Waals surface area contributed by atoms with Crippen molar-refractivity contribution in [2.45, 2.75) is 39.3 Å². The van der Waals surface area contributed by atoms with Crippen molar-refractivity contribution in [1.82, 2.24) is 10.6 Å². The van der Waals surface area contributed by atoms with Crippen LogP contribution in [0.15, 0.2) is 18.2 Å². The van der Waals surface area contributed by atoms with Gasteiger partial charge in [-0.1, -0.05) is 23.7 Å². The molecule has 1 fully saturated rings. The third-order valence-corrected chi connectivity index (χ3v) is 3.76. The van der Waals surface area contributed by atoms with Crippen LogP contribution >= 0.6 is 11.6 Å². The molecule has 1 heterocycles. The third kappa shape index (κ3) is 4.61. The van der Waals surface area contributed by atoms with E-state index in [2.05, 4.69) is 42.4 Å². The topological polar surface area (TPSA) is 44.4 Å². The Morgan fingerprint density at radius 2 is 2.14 bits per heavy atom. The molecule has 1 aromatic carbocycles. The van der Waals surface area contributed by atoms with Gasteiger partial charge in [0.1, 0.15) is 0 Å². The number of amides is 1. The first-order valence-corrected chi connectivity index (χ1v) is 7.79. The van der Waals surface area contributed by atoms with Crippen LogP contribution in [-0.4, -0.2) is 31.1 Å². The summed E-state index contributed by atoms with van der Waals surface area (Å²) in [5, 5.41) is 7.09. The molecule has 5 heteroatoms. The highest BCUT2D eigenvalue weighted by molar-refractivity contribution is 6.33. The smallest absolute Gasteiger partial charge is 0.239 e. The number of rotatable bonds is 3. The average Bonchev–Trinajstić information content (AvgIpc) is 2.60. The maximum Gasteiger partial charge on any atom is 0.239 e. The van der Waals surface area contributed by atoms with Crippen LogP contribution in [-0.2, 0) is 11.3 Å². The molecule has 1 aliphatic rings. The van der Waals surface area contributed by atoms with Crippen LogP contribution in [0.25, 0.3) is 0 Å². The fourth-order valence-corrected chi connectivity index (χ4v) is 2.73. The third-order valence-electron chi connectivity index (χ3n) is 3.46. The van der Waals surface area contributed by atoms with Gasteiger partial charge in [-0.25, -0.2) is 0 Å². The van der Waals surface area contributed by atoms with Gasteiger partial charge in [-0.2, -0.15) is 0 Å². The lowest BCUT2D eigenvalue weighted by Crippen LogP contribution is -2.37. The molecule has 1 aliphatic heterocycles. The zero-order chi connectivity index (χ0) is 15.5. The zero-order valence-corrected chi connectivity index (χ0v) is 13.8. The number of hydrogen-bond acceptors (Lipinski definition) is 3. The molecule has 0 radical (unpaired) electrons. The Morgan fingerprint density at radius 1 is 1.38 bits per heavy atom. The Bertz CT molecular complexity index is 511. The Balaban J connectivity index is 2.26. The molecule has 0 atom stereocenters. The van der Waals surface area contributed by atoms with Crippen molar-refractivity contribution < 1.29 is 4.79 Å². The van der Waals surface area contributed by atoms with Crippen molar-refractivity contribution in [3.05, 3.63) is 28.8 Å². The SMILES string of the molecule is CC(C)(C)NCc1cccc(Cl)c1N1CCCNC(=O)C1. The van der Waals surface area contributed by atoms with Gasteiger partial charge in [0, 0.05) is 25.2 Å². The summed E-state index contributed by atoms with van der Waals surface area (Å²) in [6.45, 7) is 9.08. The van der Waals surface area contributed by atoms with Crippen molar-refractivity contribution in [2.24, 2.45) is 0 Å². The molecular weight excluding hydrogens is 286 g/mol. The lowest BCUT2D eigenvalue weighted by atomic mass is 10.1. The maximum atomic E-state index is 11.8. The van der Waals surface area contributed by atoms with Gasteiger partial charge in [0.25, 0.3) is 0 Å². The van der Waals surface area contributed by atoms with Crippen LogP contribution in [0.5, 0.6) is 0 Å². The first kappa shape index (κ1) is 16.1. The van der Waals surface area contributed by atoms with Gasteiger partial charge in [0.05, 0.1) is 17.3 Å². The van der Waals surface area contributed by atoms with E-state index in [1.165, 1.54) is 0 Å². The lowest BCUT2D eigenvalue weighted by molar-refractivity contribution is -0.119. The van der Waals surface area contributed by atoms with Crippen LogP contribution in [0.4, 0.5) is 5.69 Å². The number of nitrogens with one attached hydrogen (secondary N) is 2. The van der Waals surface area contributed by atoms with Gasteiger partial charge in [0.15, 0.2) is 0 Å². The Kier molecular flexibility index (Phi) is 5.12. The molecule has 2 rings (SSSR count). The second-order valence-electron chi connectivity index (χ2n) is 6.48. The highest BCUT2D eigenvalue weighted by Gasteiger charge is 2.20. The molecule has 0 saturated carbocycles. The molecule has 21 heavy (non-hydrogen) atoms. The number of nitrogens with zero attached hydrogens (tertiary/aromatic N) is 1. The van der Waals surface area contributed by atoms with Crippen LogP contribution < -0.4 is 15.5 Å². The highest BCUT2D eigenvalue weighted by Crippen LogP contribution is 2.30. The van der Waals surface area contributed by atoms with Crippen molar-refractivity contribution in [2.75, 3.05) is 24.5 Å². The summed E-state index contributed by atoms with van der Waals surface area (Å²) in [5.74, 6) is 0.0575. The Labute approximate surface area is 131 Å². The number of benzene rings is 1. The summed E-state index contributed by atoms with van der Waals surface area (Å²) in [6, 6.07) is 5.92. The molecule has 0 bridgehead atoms. The molecule has 116 valence electrons. The molecule has 0 unspecified atom stereocenters. The van der Waals surface area contributed by atoms with E-state index in [4.69, 9.17) is 11.6 Å². The number of carbonyl (C=O) groups excluding carboxylic acids is 1. The van der Waals surface area contributed by atoms with E-state index in [0.717, 1.165) is 37.3 Å². The molecule has 0 aliphatic carbocycles. The summed E-state index contributed by atoms with van der Waals surface area (Å²) in [4.78, 5) is 13.9. The van der Waals surface area contributed by atoms with E-state index >= 15 is 0 Å². The van der Waals surface area contributed by atoms with Crippen LogP contribution in [0, 0.1) is 0 Å².